The van der Waals surface area contributed by atoms with Crippen LogP contribution < -0.4 is 10.6 Å². The summed E-state index contributed by atoms with van der Waals surface area (Å²) >= 11 is 11.7. The minimum absolute atomic E-state index is 0.152. The highest BCUT2D eigenvalue weighted by molar-refractivity contribution is 6.33. The molecule has 0 fully saturated rings. The lowest BCUT2D eigenvalue weighted by Crippen LogP contribution is -2.26. The maximum Gasteiger partial charge on any atom is 0.255 e. The van der Waals surface area contributed by atoms with E-state index in [1.165, 1.54) is 12.1 Å². The molecule has 0 aliphatic rings. The average Bonchev–Trinajstić information content (AvgIpc) is 2.68. The number of anilines is 1. The Kier molecular flexibility index (Phi) is 6.23. The maximum atomic E-state index is 12.4. The molecule has 2 heterocycles. The fourth-order valence-electron chi connectivity index (χ4n) is 2.52. The van der Waals surface area contributed by atoms with Gasteiger partial charge in [-0.3, -0.25) is 14.6 Å². The van der Waals surface area contributed by atoms with Crippen LogP contribution in [0.25, 0.3) is 0 Å². The van der Waals surface area contributed by atoms with Gasteiger partial charge in [-0.15, -0.1) is 0 Å². The molecule has 0 bridgehead atoms. The summed E-state index contributed by atoms with van der Waals surface area (Å²) in [4.78, 5) is 32.3. The number of benzene rings is 1. The van der Waals surface area contributed by atoms with Gasteiger partial charge in [0.2, 0.25) is 0 Å². The quantitative estimate of drug-likeness (QED) is 0.600. The summed E-state index contributed by atoms with van der Waals surface area (Å²) in [7, 11) is 0. The van der Waals surface area contributed by atoms with Gasteiger partial charge < -0.3 is 10.6 Å². The molecule has 0 aliphatic heterocycles. The molecular formula is C20H16Cl2N4O2. The molecule has 142 valence electrons. The number of aromatic nitrogens is 2. The predicted molar refractivity (Wildman–Crippen MR) is 109 cm³/mol. The Morgan fingerprint density at radius 2 is 1.50 bits per heavy atom. The van der Waals surface area contributed by atoms with Crippen LogP contribution in [0, 0.1) is 0 Å². The van der Waals surface area contributed by atoms with Gasteiger partial charge in [0, 0.05) is 29.2 Å². The predicted octanol–water partition coefficient (Wildman–Crippen LogP) is 4.53. The first kappa shape index (κ1) is 19.8. The second kappa shape index (κ2) is 8.82. The van der Waals surface area contributed by atoms with Crippen LogP contribution in [0.1, 0.15) is 39.2 Å². The van der Waals surface area contributed by atoms with E-state index in [1.54, 1.807) is 36.7 Å². The highest BCUT2D eigenvalue weighted by Gasteiger charge is 2.13. The monoisotopic (exact) mass is 414 g/mol. The average molecular weight is 415 g/mol. The molecule has 3 rings (SSSR count). The zero-order chi connectivity index (χ0) is 20.1. The van der Waals surface area contributed by atoms with Gasteiger partial charge in [-0.2, -0.15) is 0 Å². The normalized spacial score (nSPS) is 11.5. The van der Waals surface area contributed by atoms with Crippen LogP contribution >= 0.6 is 23.2 Å². The third-order valence-electron chi connectivity index (χ3n) is 3.98. The van der Waals surface area contributed by atoms with Crippen LogP contribution in [-0.2, 0) is 0 Å². The largest absolute Gasteiger partial charge is 0.346 e. The molecule has 6 nitrogen and oxygen atoms in total. The zero-order valence-corrected chi connectivity index (χ0v) is 16.3. The smallest absolute Gasteiger partial charge is 0.255 e. The maximum absolute atomic E-state index is 12.4. The molecule has 0 aliphatic carbocycles. The van der Waals surface area contributed by atoms with Gasteiger partial charge in [0.1, 0.15) is 10.3 Å². The molecule has 8 heteroatoms. The van der Waals surface area contributed by atoms with Crippen LogP contribution in [0.5, 0.6) is 0 Å². The Bertz CT molecular complexity index is 975. The molecule has 1 atom stereocenters. The second-order valence-corrected chi connectivity index (χ2v) is 6.78. The number of halogens is 2. The Balaban J connectivity index is 1.64. The summed E-state index contributed by atoms with van der Waals surface area (Å²) in [6.45, 7) is 1.85. The number of carbonyl (C=O) groups is 2. The van der Waals surface area contributed by atoms with Crippen molar-refractivity contribution in [1.29, 1.82) is 0 Å². The fraction of sp³-hybridized carbons (Fsp3) is 0.100. The summed E-state index contributed by atoms with van der Waals surface area (Å²) in [5, 5.41) is 5.99. The summed E-state index contributed by atoms with van der Waals surface area (Å²) in [5.41, 5.74) is 2.38. The van der Waals surface area contributed by atoms with Crippen molar-refractivity contribution in [2.24, 2.45) is 0 Å². The van der Waals surface area contributed by atoms with E-state index in [0.29, 0.717) is 16.8 Å². The lowest BCUT2D eigenvalue weighted by molar-refractivity contribution is 0.0939. The van der Waals surface area contributed by atoms with Crippen molar-refractivity contribution in [2.75, 3.05) is 5.32 Å². The Hall–Kier alpha value is -2.96. The molecule has 0 radical (unpaired) electrons. The summed E-state index contributed by atoms with van der Waals surface area (Å²) in [5.74, 6) is -0.531. The summed E-state index contributed by atoms with van der Waals surface area (Å²) in [6.07, 6.45) is 3.12. The highest BCUT2D eigenvalue weighted by Crippen LogP contribution is 2.19. The van der Waals surface area contributed by atoms with Crippen molar-refractivity contribution < 1.29 is 9.59 Å². The Morgan fingerprint density at radius 3 is 2.11 bits per heavy atom. The van der Waals surface area contributed by atoms with E-state index in [1.807, 2.05) is 19.1 Å². The standard InChI is InChI=1S/C20H16Cl2N4O2/c1-12(24-20(28)15-10-17(21)26-18(22)11-15)13-2-4-16(5-3-13)25-19(27)14-6-8-23-9-7-14/h2-12H,1H3,(H,24,28)(H,25,27). The van der Waals surface area contributed by atoms with Gasteiger partial charge in [0.05, 0.1) is 6.04 Å². The van der Waals surface area contributed by atoms with Crippen LogP contribution in [0.3, 0.4) is 0 Å². The van der Waals surface area contributed by atoms with E-state index in [4.69, 9.17) is 23.2 Å². The lowest BCUT2D eigenvalue weighted by atomic mass is 10.1. The number of rotatable bonds is 5. The highest BCUT2D eigenvalue weighted by atomic mass is 35.5. The molecule has 2 N–H and O–H groups in total. The van der Waals surface area contributed by atoms with Crippen molar-refractivity contribution in [2.45, 2.75) is 13.0 Å². The van der Waals surface area contributed by atoms with Crippen molar-refractivity contribution >= 4 is 40.7 Å². The van der Waals surface area contributed by atoms with Gasteiger partial charge in [0.25, 0.3) is 11.8 Å². The number of nitrogens with one attached hydrogen (secondary N) is 2. The van der Waals surface area contributed by atoms with Gasteiger partial charge >= 0.3 is 0 Å². The molecule has 0 saturated carbocycles. The molecule has 1 aromatic carbocycles. The number of carbonyl (C=O) groups excluding carboxylic acids is 2. The van der Waals surface area contributed by atoms with Gasteiger partial charge in [-0.25, -0.2) is 4.98 Å². The number of amides is 2. The molecule has 2 amide bonds. The van der Waals surface area contributed by atoms with Crippen LogP contribution in [-0.4, -0.2) is 21.8 Å². The summed E-state index contributed by atoms with van der Waals surface area (Å²) < 4.78 is 0. The third kappa shape index (κ3) is 5.06. The fourth-order valence-corrected chi connectivity index (χ4v) is 2.98. The third-order valence-corrected chi connectivity index (χ3v) is 4.37. The topological polar surface area (TPSA) is 84.0 Å². The molecule has 3 aromatic rings. The van der Waals surface area contributed by atoms with Crippen molar-refractivity contribution in [1.82, 2.24) is 15.3 Å². The van der Waals surface area contributed by atoms with Crippen LogP contribution in [0.4, 0.5) is 5.69 Å². The molecule has 0 saturated heterocycles. The molecule has 2 aromatic heterocycles. The molecule has 0 spiro atoms. The Labute approximate surface area is 171 Å². The Morgan fingerprint density at radius 1 is 0.893 bits per heavy atom. The first-order valence-electron chi connectivity index (χ1n) is 8.37. The van der Waals surface area contributed by atoms with Gasteiger partial charge in [-0.05, 0) is 48.9 Å². The van der Waals surface area contributed by atoms with E-state index in [9.17, 15) is 9.59 Å². The second-order valence-electron chi connectivity index (χ2n) is 6.01. The van der Waals surface area contributed by atoms with E-state index in [-0.39, 0.29) is 28.2 Å². The van der Waals surface area contributed by atoms with Crippen LogP contribution in [0.2, 0.25) is 10.3 Å². The SMILES string of the molecule is CC(NC(=O)c1cc(Cl)nc(Cl)c1)c1ccc(NC(=O)c2ccncc2)cc1. The van der Waals surface area contributed by atoms with Gasteiger partial charge in [-0.1, -0.05) is 35.3 Å². The number of nitrogens with zero attached hydrogens (tertiary/aromatic N) is 2. The first-order chi connectivity index (χ1) is 13.4. The van der Waals surface area contributed by atoms with E-state index < -0.39 is 0 Å². The lowest BCUT2D eigenvalue weighted by Gasteiger charge is -2.15. The van der Waals surface area contributed by atoms with E-state index in [0.717, 1.165) is 5.56 Å². The summed E-state index contributed by atoms with van der Waals surface area (Å²) in [6, 6.07) is 13.1. The molecular weight excluding hydrogens is 399 g/mol. The van der Waals surface area contributed by atoms with Crippen molar-refractivity contribution in [3.05, 3.63) is 87.9 Å². The molecule has 28 heavy (non-hydrogen) atoms. The minimum atomic E-state index is -0.311. The minimum Gasteiger partial charge on any atom is -0.346 e. The molecule has 1 unspecified atom stereocenters. The number of hydrogen-bond donors (Lipinski definition) is 2. The first-order valence-corrected chi connectivity index (χ1v) is 9.13. The van der Waals surface area contributed by atoms with E-state index >= 15 is 0 Å². The van der Waals surface area contributed by atoms with E-state index in [2.05, 4.69) is 20.6 Å². The van der Waals surface area contributed by atoms with Crippen molar-refractivity contribution in [3.63, 3.8) is 0 Å². The van der Waals surface area contributed by atoms with Crippen molar-refractivity contribution in [3.8, 4) is 0 Å². The number of pyridine rings is 2. The number of hydrogen-bond acceptors (Lipinski definition) is 4. The van der Waals surface area contributed by atoms with Crippen LogP contribution in [0.15, 0.2) is 60.9 Å². The van der Waals surface area contributed by atoms with Gasteiger partial charge in [0.15, 0.2) is 0 Å². The zero-order valence-electron chi connectivity index (χ0n) is 14.8.